The Balaban J connectivity index is 1.21. The van der Waals surface area contributed by atoms with Crippen molar-refractivity contribution >= 4 is 17.0 Å². The molecule has 1 saturated heterocycles. The average Bonchev–Trinajstić information content (AvgIpc) is 3.09. The lowest BCUT2D eigenvalue weighted by atomic mass is 9.97. The van der Waals surface area contributed by atoms with Crippen LogP contribution in [0.5, 0.6) is 11.5 Å². The Labute approximate surface area is 175 Å². The maximum atomic E-state index is 12.9. The second-order valence-corrected chi connectivity index (χ2v) is 8.03. The lowest BCUT2D eigenvalue weighted by Crippen LogP contribution is -2.39. The van der Waals surface area contributed by atoms with Crippen LogP contribution in [0.15, 0.2) is 46.9 Å². The first-order chi connectivity index (χ1) is 14.8. The van der Waals surface area contributed by atoms with Gasteiger partial charge in [-0.25, -0.2) is 4.98 Å². The Kier molecular flexibility index (Phi) is 5.30. The topological polar surface area (TPSA) is 64.8 Å². The number of carbonyl (C=O) groups excluding carboxylic acids is 1. The fraction of sp³-hybridized carbons (Fsp3) is 0.417. The second kappa shape index (κ2) is 8.38. The number of aryl methyl sites for hydroxylation is 1. The molecule has 0 saturated carbocycles. The van der Waals surface area contributed by atoms with Crippen molar-refractivity contribution in [1.82, 2.24) is 9.88 Å². The van der Waals surface area contributed by atoms with Gasteiger partial charge in [0.1, 0.15) is 5.52 Å². The summed E-state index contributed by atoms with van der Waals surface area (Å²) in [5.74, 6) is 2.67. The summed E-state index contributed by atoms with van der Waals surface area (Å²) >= 11 is 0. The Bertz CT molecular complexity index is 1010. The third-order valence-corrected chi connectivity index (χ3v) is 5.87. The van der Waals surface area contributed by atoms with Gasteiger partial charge in [0.2, 0.25) is 5.91 Å². The summed E-state index contributed by atoms with van der Waals surface area (Å²) in [4.78, 5) is 19.5. The number of amides is 1. The Morgan fingerprint density at radius 1 is 1.07 bits per heavy atom. The molecule has 0 N–H and O–H groups in total. The van der Waals surface area contributed by atoms with Crippen LogP contribution in [0.25, 0.3) is 11.1 Å². The van der Waals surface area contributed by atoms with Crippen molar-refractivity contribution < 1.29 is 18.7 Å². The van der Waals surface area contributed by atoms with Crippen molar-refractivity contribution in [1.29, 1.82) is 0 Å². The van der Waals surface area contributed by atoms with E-state index in [1.165, 1.54) is 0 Å². The van der Waals surface area contributed by atoms with E-state index < -0.39 is 0 Å². The molecule has 1 aromatic heterocycles. The van der Waals surface area contributed by atoms with Crippen molar-refractivity contribution in [3.8, 4) is 11.5 Å². The molecule has 3 heterocycles. The van der Waals surface area contributed by atoms with E-state index in [9.17, 15) is 4.79 Å². The Hall–Kier alpha value is -3.02. The van der Waals surface area contributed by atoms with Crippen molar-refractivity contribution in [3.05, 3.63) is 53.9 Å². The summed E-state index contributed by atoms with van der Waals surface area (Å²) in [6.45, 7) is 2.82. The highest BCUT2D eigenvalue weighted by atomic mass is 16.5. The van der Waals surface area contributed by atoms with Gasteiger partial charge in [0.25, 0.3) is 0 Å². The molecule has 6 heteroatoms. The van der Waals surface area contributed by atoms with E-state index in [1.807, 2.05) is 47.4 Å². The molecule has 1 fully saturated rings. The monoisotopic (exact) mass is 406 g/mol. The molecular weight excluding hydrogens is 380 g/mol. The van der Waals surface area contributed by atoms with Gasteiger partial charge in [0.15, 0.2) is 23.0 Å². The van der Waals surface area contributed by atoms with Gasteiger partial charge < -0.3 is 18.8 Å². The first kappa shape index (κ1) is 19.0. The van der Waals surface area contributed by atoms with Gasteiger partial charge >= 0.3 is 0 Å². The summed E-state index contributed by atoms with van der Waals surface area (Å²) in [6.07, 6.45) is 4.04. The minimum Gasteiger partial charge on any atom is -0.490 e. The smallest absolute Gasteiger partial charge is 0.222 e. The Morgan fingerprint density at radius 2 is 1.93 bits per heavy atom. The maximum absolute atomic E-state index is 12.9. The van der Waals surface area contributed by atoms with Crippen LogP contribution in [0, 0.1) is 0 Å². The molecule has 0 aliphatic carbocycles. The van der Waals surface area contributed by atoms with E-state index in [1.54, 1.807) is 0 Å². The number of likely N-dealkylation sites (tertiary alicyclic amines) is 1. The van der Waals surface area contributed by atoms with Crippen LogP contribution in [0.2, 0.25) is 0 Å². The number of aromatic nitrogens is 1. The molecule has 30 heavy (non-hydrogen) atoms. The highest BCUT2D eigenvalue weighted by Crippen LogP contribution is 2.32. The average molecular weight is 406 g/mol. The lowest BCUT2D eigenvalue weighted by Gasteiger charge is -2.31. The van der Waals surface area contributed by atoms with E-state index in [4.69, 9.17) is 13.9 Å². The van der Waals surface area contributed by atoms with Crippen LogP contribution < -0.4 is 9.47 Å². The molecule has 156 valence electrons. The van der Waals surface area contributed by atoms with E-state index in [2.05, 4.69) is 4.98 Å². The number of oxazole rings is 1. The lowest BCUT2D eigenvalue weighted by molar-refractivity contribution is -0.132. The van der Waals surface area contributed by atoms with E-state index in [0.717, 1.165) is 59.9 Å². The van der Waals surface area contributed by atoms with Crippen LogP contribution in [-0.4, -0.2) is 42.1 Å². The minimum atomic E-state index is 0.160. The number of nitrogens with zero attached hydrogens (tertiary/aromatic N) is 2. The van der Waals surface area contributed by atoms with Crippen LogP contribution in [0.3, 0.4) is 0 Å². The summed E-state index contributed by atoms with van der Waals surface area (Å²) < 4.78 is 17.4. The van der Waals surface area contributed by atoms with Gasteiger partial charge in [-0.2, -0.15) is 0 Å². The summed E-state index contributed by atoms with van der Waals surface area (Å²) in [5, 5.41) is 0. The number of para-hydroxylation sites is 2. The first-order valence-corrected chi connectivity index (χ1v) is 10.8. The van der Waals surface area contributed by atoms with Crippen molar-refractivity contribution in [2.24, 2.45) is 0 Å². The molecule has 1 unspecified atom stereocenters. The number of fused-ring (bicyclic) bond motifs is 2. The summed E-state index contributed by atoms with van der Waals surface area (Å²) in [7, 11) is 0. The third kappa shape index (κ3) is 3.99. The fourth-order valence-electron chi connectivity index (χ4n) is 4.24. The van der Waals surface area contributed by atoms with Gasteiger partial charge in [0, 0.05) is 25.9 Å². The molecule has 0 spiro atoms. The highest BCUT2D eigenvalue weighted by Gasteiger charge is 2.28. The fourth-order valence-corrected chi connectivity index (χ4v) is 4.24. The molecule has 1 amide bonds. The van der Waals surface area contributed by atoms with Gasteiger partial charge in [0.05, 0.1) is 19.1 Å². The maximum Gasteiger partial charge on any atom is 0.222 e. The van der Waals surface area contributed by atoms with Gasteiger partial charge in [-0.05, 0) is 49.1 Å². The van der Waals surface area contributed by atoms with Gasteiger partial charge in [-0.3, -0.25) is 4.79 Å². The molecule has 2 aliphatic heterocycles. The molecule has 2 aromatic carbocycles. The standard InChI is InChI=1S/C24H26N2O4/c27-23(11-9-17-8-10-21-22(15-17)29-14-4-13-28-21)26-12-3-5-18(16-26)24-25-19-6-1-2-7-20(19)30-24/h1-2,6-8,10,15,18H,3-5,9,11-14,16H2. The van der Waals surface area contributed by atoms with Crippen LogP contribution in [0.4, 0.5) is 0 Å². The molecule has 3 aromatic rings. The molecule has 5 rings (SSSR count). The minimum absolute atomic E-state index is 0.160. The number of rotatable bonds is 4. The van der Waals surface area contributed by atoms with Crippen molar-refractivity contribution in [2.75, 3.05) is 26.3 Å². The number of carbonyl (C=O) groups is 1. The van der Waals surface area contributed by atoms with Gasteiger partial charge in [-0.1, -0.05) is 18.2 Å². The predicted molar refractivity (Wildman–Crippen MR) is 113 cm³/mol. The van der Waals surface area contributed by atoms with E-state index >= 15 is 0 Å². The van der Waals surface area contributed by atoms with Crippen molar-refractivity contribution in [2.45, 2.75) is 38.0 Å². The Morgan fingerprint density at radius 3 is 2.83 bits per heavy atom. The highest BCUT2D eigenvalue weighted by molar-refractivity contribution is 5.77. The number of piperidine rings is 1. The molecule has 0 bridgehead atoms. The number of benzene rings is 2. The van der Waals surface area contributed by atoms with Crippen molar-refractivity contribution in [3.63, 3.8) is 0 Å². The molecule has 2 aliphatic rings. The quantitative estimate of drug-likeness (QED) is 0.645. The van der Waals surface area contributed by atoms with Crippen LogP contribution in [-0.2, 0) is 11.2 Å². The molecular formula is C24H26N2O4. The zero-order valence-corrected chi connectivity index (χ0v) is 17.0. The van der Waals surface area contributed by atoms with Gasteiger partial charge in [-0.15, -0.1) is 0 Å². The van der Waals surface area contributed by atoms with E-state index in [-0.39, 0.29) is 11.8 Å². The SMILES string of the molecule is O=C(CCc1ccc2c(c1)OCCCO2)N1CCCC(c2nc3ccccc3o2)C1. The molecule has 1 atom stereocenters. The summed E-state index contributed by atoms with van der Waals surface area (Å²) in [5.41, 5.74) is 2.79. The van der Waals surface area contributed by atoms with Crippen LogP contribution >= 0.6 is 0 Å². The zero-order valence-electron chi connectivity index (χ0n) is 17.0. The number of hydrogen-bond donors (Lipinski definition) is 0. The predicted octanol–water partition coefficient (Wildman–Crippen LogP) is 4.33. The third-order valence-electron chi connectivity index (χ3n) is 5.87. The normalized spacial score (nSPS) is 18.9. The molecule has 6 nitrogen and oxygen atoms in total. The second-order valence-electron chi connectivity index (χ2n) is 8.03. The largest absolute Gasteiger partial charge is 0.490 e. The number of ether oxygens (including phenoxy) is 2. The number of hydrogen-bond acceptors (Lipinski definition) is 5. The molecule has 0 radical (unpaired) electrons. The van der Waals surface area contributed by atoms with Crippen LogP contribution in [0.1, 0.15) is 43.1 Å². The zero-order chi connectivity index (χ0) is 20.3. The summed E-state index contributed by atoms with van der Waals surface area (Å²) in [6, 6.07) is 13.8. The van der Waals surface area contributed by atoms with E-state index in [0.29, 0.717) is 32.6 Å². The first-order valence-electron chi connectivity index (χ1n) is 10.8.